The molecule has 0 amide bonds. The van der Waals surface area contributed by atoms with E-state index in [4.69, 9.17) is 19.9 Å². The minimum Gasteiger partial charge on any atom is -0.493 e. The molecule has 0 unspecified atom stereocenters. The second-order valence-electron chi connectivity index (χ2n) is 7.75. The zero-order valence-corrected chi connectivity index (χ0v) is 18.6. The lowest BCUT2D eigenvalue weighted by Crippen LogP contribution is -2.38. The molecule has 1 aliphatic carbocycles. The number of methoxy groups -OCH3 is 3. The normalized spacial score (nSPS) is 18.1. The Morgan fingerprint density at radius 2 is 1.70 bits per heavy atom. The van der Waals surface area contributed by atoms with Crippen molar-refractivity contribution in [1.82, 2.24) is 0 Å². The van der Waals surface area contributed by atoms with Gasteiger partial charge in [-0.1, -0.05) is 0 Å². The summed E-state index contributed by atoms with van der Waals surface area (Å²) in [5.41, 5.74) is 9.20. The summed E-state index contributed by atoms with van der Waals surface area (Å²) < 4.78 is 30.0. The van der Waals surface area contributed by atoms with Crippen LogP contribution in [0.15, 0.2) is 59.1 Å². The van der Waals surface area contributed by atoms with Crippen molar-refractivity contribution in [2.75, 3.05) is 26.2 Å². The number of anilines is 1. The maximum absolute atomic E-state index is 13.6. The Morgan fingerprint density at radius 3 is 2.24 bits per heavy atom. The van der Waals surface area contributed by atoms with E-state index in [2.05, 4.69) is 6.07 Å². The van der Waals surface area contributed by atoms with E-state index < -0.39 is 5.92 Å². The van der Waals surface area contributed by atoms with Gasteiger partial charge in [-0.3, -0.25) is 9.69 Å². The number of halogens is 1. The van der Waals surface area contributed by atoms with Crippen LogP contribution in [0, 0.1) is 17.1 Å². The van der Waals surface area contributed by atoms with Gasteiger partial charge in [0.05, 0.1) is 38.9 Å². The van der Waals surface area contributed by atoms with Crippen molar-refractivity contribution in [2.24, 2.45) is 5.73 Å². The Labute approximate surface area is 191 Å². The average Bonchev–Trinajstić information content (AvgIpc) is 2.83. The number of nitrogens with zero attached hydrogens (tertiary/aromatic N) is 2. The first kappa shape index (κ1) is 22.2. The molecule has 0 spiro atoms. The Bertz CT molecular complexity index is 1190. The smallest absolute Gasteiger partial charge is 0.203 e. The highest BCUT2D eigenvalue weighted by atomic mass is 19.1. The maximum atomic E-state index is 13.6. The predicted octanol–water partition coefficient (Wildman–Crippen LogP) is 4.16. The summed E-state index contributed by atoms with van der Waals surface area (Å²) in [4.78, 5) is 14.9. The summed E-state index contributed by atoms with van der Waals surface area (Å²) in [6, 6.07) is 11.5. The SMILES string of the molecule is COc1cc([C@H]2C(C#N)=C(N)N(c3ccc(F)cc3)C3=C2C(=O)CCC3)cc(OC)c1OC. The number of nitriles is 1. The van der Waals surface area contributed by atoms with E-state index in [0.717, 1.165) is 0 Å². The fourth-order valence-electron chi connectivity index (χ4n) is 4.57. The van der Waals surface area contributed by atoms with Crippen LogP contribution in [0.2, 0.25) is 0 Å². The zero-order valence-electron chi connectivity index (χ0n) is 18.6. The minimum absolute atomic E-state index is 0.0534. The second-order valence-corrected chi connectivity index (χ2v) is 7.75. The lowest BCUT2D eigenvalue weighted by Gasteiger charge is -2.39. The van der Waals surface area contributed by atoms with Gasteiger partial charge < -0.3 is 19.9 Å². The molecule has 0 bridgehead atoms. The number of ether oxygens (including phenoxy) is 3. The number of nitrogens with two attached hydrogens (primary N) is 1. The highest BCUT2D eigenvalue weighted by Gasteiger charge is 2.41. The summed E-state index contributed by atoms with van der Waals surface area (Å²) in [6.45, 7) is 0. The summed E-state index contributed by atoms with van der Waals surface area (Å²) in [6.07, 6.45) is 1.63. The molecule has 0 radical (unpaired) electrons. The maximum Gasteiger partial charge on any atom is 0.203 e. The number of Topliss-reactive ketones (excluding diaryl/α,β-unsaturated/α-hetero) is 1. The summed E-state index contributed by atoms with van der Waals surface area (Å²) in [5.74, 6) is 0.306. The molecule has 170 valence electrons. The van der Waals surface area contributed by atoms with Crippen LogP contribution in [0.25, 0.3) is 0 Å². The number of carbonyl (C=O) groups is 1. The van der Waals surface area contributed by atoms with Crippen molar-refractivity contribution in [3.05, 3.63) is 70.4 Å². The van der Waals surface area contributed by atoms with Crippen molar-refractivity contribution >= 4 is 11.5 Å². The molecule has 2 aliphatic rings. The number of rotatable bonds is 5. The Kier molecular flexibility index (Phi) is 5.97. The molecule has 1 aliphatic heterocycles. The molecular weight excluding hydrogens is 425 g/mol. The number of ketones is 1. The van der Waals surface area contributed by atoms with Gasteiger partial charge in [0.2, 0.25) is 5.75 Å². The van der Waals surface area contributed by atoms with E-state index >= 15 is 0 Å². The van der Waals surface area contributed by atoms with Crippen molar-refractivity contribution < 1.29 is 23.4 Å². The van der Waals surface area contributed by atoms with Crippen LogP contribution in [0.3, 0.4) is 0 Å². The fourth-order valence-corrected chi connectivity index (χ4v) is 4.57. The van der Waals surface area contributed by atoms with E-state index in [1.54, 1.807) is 29.2 Å². The molecule has 2 N–H and O–H groups in total. The molecular formula is C25H24FN3O4. The molecule has 8 heteroatoms. The van der Waals surface area contributed by atoms with E-state index in [1.165, 1.54) is 33.5 Å². The van der Waals surface area contributed by atoms with Gasteiger partial charge in [0, 0.05) is 23.4 Å². The van der Waals surface area contributed by atoms with Crippen molar-refractivity contribution in [3.63, 3.8) is 0 Å². The number of allylic oxidation sites excluding steroid dienone is 3. The highest BCUT2D eigenvalue weighted by Crippen LogP contribution is 2.49. The topological polar surface area (TPSA) is 97.8 Å². The molecule has 0 saturated heterocycles. The highest BCUT2D eigenvalue weighted by molar-refractivity contribution is 6.01. The van der Waals surface area contributed by atoms with E-state index in [1.807, 2.05) is 0 Å². The van der Waals surface area contributed by atoms with Gasteiger partial charge in [-0.25, -0.2) is 4.39 Å². The molecule has 1 heterocycles. The molecule has 4 rings (SSSR count). The summed E-state index contributed by atoms with van der Waals surface area (Å²) in [7, 11) is 4.51. The van der Waals surface area contributed by atoms with Crippen molar-refractivity contribution in [2.45, 2.75) is 25.2 Å². The lowest BCUT2D eigenvalue weighted by molar-refractivity contribution is -0.116. The van der Waals surface area contributed by atoms with Crippen molar-refractivity contribution in [1.29, 1.82) is 5.26 Å². The van der Waals surface area contributed by atoms with Crippen LogP contribution in [0.4, 0.5) is 10.1 Å². The summed E-state index contributed by atoms with van der Waals surface area (Å²) in [5, 5.41) is 10.1. The largest absolute Gasteiger partial charge is 0.493 e. The van der Waals surface area contributed by atoms with Gasteiger partial charge in [0.1, 0.15) is 11.6 Å². The standard InChI is InChI=1S/C25H24FN3O4/c1-31-20-11-14(12-21(32-2)24(20)33-3)22-17(13-27)25(28)29(16-9-7-15(26)8-10-16)18-5-4-6-19(30)23(18)22/h7-12,22H,4-6,28H2,1-3H3/t22-/m0/s1. The third-order valence-electron chi connectivity index (χ3n) is 6.02. The Morgan fingerprint density at radius 1 is 1.06 bits per heavy atom. The monoisotopic (exact) mass is 449 g/mol. The number of hydrogen-bond acceptors (Lipinski definition) is 7. The molecule has 7 nitrogen and oxygen atoms in total. The molecule has 1 atom stereocenters. The van der Waals surface area contributed by atoms with Gasteiger partial charge in [-0.2, -0.15) is 5.26 Å². The van der Waals surface area contributed by atoms with Gasteiger partial charge in [0.25, 0.3) is 0 Å². The molecule has 0 saturated carbocycles. The van der Waals surface area contributed by atoms with Crippen LogP contribution < -0.4 is 24.8 Å². The van der Waals surface area contributed by atoms with Crippen LogP contribution in [0.1, 0.15) is 30.7 Å². The Hall–Kier alpha value is -3.99. The number of hydrogen-bond donors (Lipinski definition) is 1. The zero-order chi connectivity index (χ0) is 23.7. The Balaban J connectivity index is 1.98. The lowest BCUT2D eigenvalue weighted by atomic mass is 9.75. The van der Waals surface area contributed by atoms with E-state index in [-0.39, 0.29) is 23.0 Å². The van der Waals surface area contributed by atoms with Gasteiger partial charge in [0.15, 0.2) is 17.3 Å². The minimum atomic E-state index is -0.691. The molecule has 2 aromatic rings. The third kappa shape index (κ3) is 3.65. The van der Waals surface area contributed by atoms with Gasteiger partial charge >= 0.3 is 0 Å². The first-order valence-corrected chi connectivity index (χ1v) is 10.5. The summed E-state index contributed by atoms with van der Waals surface area (Å²) >= 11 is 0. The number of carbonyl (C=O) groups excluding carboxylic acids is 1. The van der Waals surface area contributed by atoms with Crippen molar-refractivity contribution in [3.8, 4) is 23.3 Å². The molecule has 33 heavy (non-hydrogen) atoms. The van der Waals surface area contributed by atoms with Gasteiger partial charge in [-0.15, -0.1) is 0 Å². The quantitative estimate of drug-likeness (QED) is 0.732. The van der Waals surface area contributed by atoms with Crippen LogP contribution in [0.5, 0.6) is 17.2 Å². The molecule has 0 fully saturated rings. The number of benzene rings is 2. The van der Waals surface area contributed by atoms with E-state index in [0.29, 0.717) is 59.0 Å². The fraction of sp³-hybridized carbons (Fsp3) is 0.280. The van der Waals surface area contributed by atoms with Gasteiger partial charge in [-0.05, 0) is 54.8 Å². The first-order valence-electron chi connectivity index (χ1n) is 10.5. The average molecular weight is 449 g/mol. The molecule has 0 aromatic heterocycles. The van der Waals surface area contributed by atoms with Crippen LogP contribution in [-0.4, -0.2) is 27.1 Å². The first-order chi connectivity index (χ1) is 15.9. The predicted molar refractivity (Wildman–Crippen MR) is 120 cm³/mol. The second kappa shape index (κ2) is 8.87. The van der Waals surface area contributed by atoms with E-state index in [9.17, 15) is 14.4 Å². The third-order valence-corrected chi connectivity index (χ3v) is 6.02. The molecule has 2 aromatic carbocycles. The van der Waals surface area contributed by atoms with Crippen LogP contribution >= 0.6 is 0 Å². The van der Waals surface area contributed by atoms with Crippen LogP contribution in [-0.2, 0) is 4.79 Å².